The summed E-state index contributed by atoms with van der Waals surface area (Å²) in [4.78, 5) is 23.9. The van der Waals surface area contributed by atoms with Crippen molar-refractivity contribution >= 4 is 17.2 Å². The van der Waals surface area contributed by atoms with Crippen LogP contribution in [0.5, 0.6) is 5.75 Å². The second kappa shape index (κ2) is 9.67. The largest absolute Gasteiger partial charge is 0.497 e. The molecular weight excluding hydrogens is 388 g/mol. The standard InChI is InChI=1S/C21H28N4O3S/c1-27-19-4-2-17(3-5-19)21-22-18(16-29-21)14-23-6-8-25(9-7-23)20(26)15-24-10-12-28-13-11-24/h2-5,16H,6-15H2,1H3. The molecule has 0 unspecified atom stereocenters. The Hall–Kier alpha value is -2.00. The Labute approximate surface area is 175 Å². The van der Waals surface area contributed by atoms with Gasteiger partial charge in [-0.05, 0) is 24.3 Å². The third-order valence-corrected chi connectivity index (χ3v) is 6.40. The van der Waals surface area contributed by atoms with Crippen LogP contribution in [0.1, 0.15) is 5.69 Å². The first kappa shape index (κ1) is 20.3. The number of piperazine rings is 1. The van der Waals surface area contributed by atoms with Crippen LogP contribution in [0.25, 0.3) is 10.6 Å². The molecule has 2 saturated heterocycles. The molecule has 2 aliphatic heterocycles. The number of benzene rings is 1. The highest BCUT2D eigenvalue weighted by Gasteiger charge is 2.24. The normalized spacial score (nSPS) is 18.7. The average Bonchev–Trinajstić information content (AvgIpc) is 3.23. The molecular formula is C21H28N4O3S. The maximum absolute atomic E-state index is 12.5. The lowest BCUT2D eigenvalue weighted by Gasteiger charge is -2.36. The molecule has 1 amide bonds. The zero-order valence-electron chi connectivity index (χ0n) is 16.9. The molecule has 1 aromatic heterocycles. The van der Waals surface area contributed by atoms with Gasteiger partial charge < -0.3 is 14.4 Å². The fourth-order valence-electron chi connectivity index (χ4n) is 3.68. The predicted molar refractivity (Wildman–Crippen MR) is 113 cm³/mol. The van der Waals surface area contributed by atoms with Crippen LogP contribution in [0.15, 0.2) is 29.6 Å². The van der Waals surface area contributed by atoms with Crippen LogP contribution in [-0.2, 0) is 16.1 Å². The number of carbonyl (C=O) groups excluding carboxylic acids is 1. The first-order valence-corrected chi connectivity index (χ1v) is 11.0. The summed E-state index contributed by atoms with van der Waals surface area (Å²) in [6, 6.07) is 8.01. The van der Waals surface area contributed by atoms with E-state index >= 15 is 0 Å². The SMILES string of the molecule is COc1ccc(-c2nc(CN3CCN(C(=O)CN4CCOCC4)CC3)cs2)cc1. The average molecular weight is 417 g/mol. The smallest absolute Gasteiger partial charge is 0.236 e. The van der Waals surface area contributed by atoms with Gasteiger partial charge in [0.25, 0.3) is 0 Å². The zero-order chi connectivity index (χ0) is 20.1. The quantitative estimate of drug-likeness (QED) is 0.716. The van der Waals surface area contributed by atoms with Gasteiger partial charge in [0, 0.05) is 56.8 Å². The summed E-state index contributed by atoms with van der Waals surface area (Å²) in [6.45, 7) is 7.88. The topological polar surface area (TPSA) is 58.1 Å². The highest BCUT2D eigenvalue weighted by atomic mass is 32.1. The summed E-state index contributed by atoms with van der Waals surface area (Å²) in [5, 5.41) is 3.16. The van der Waals surface area contributed by atoms with Crippen LogP contribution >= 0.6 is 11.3 Å². The van der Waals surface area contributed by atoms with Gasteiger partial charge in [0.05, 0.1) is 32.6 Å². The minimum Gasteiger partial charge on any atom is -0.497 e. The number of carbonyl (C=O) groups is 1. The Morgan fingerprint density at radius 2 is 1.79 bits per heavy atom. The van der Waals surface area contributed by atoms with Crippen LogP contribution in [0, 0.1) is 0 Å². The number of aromatic nitrogens is 1. The van der Waals surface area contributed by atoms with Crippen LogP contribution in [0.3, 0.4) is 0 Å². The first-order chi connectivity index (χ1) is 14.2. The van der Waals surface area contributed by atoms with Gasteiger partial charge in [0.15, 0.2) is 0 Å². The number of hydrogen-bond acceptors (Lipinski definition) is 7. The van der Waals surface area contributed by atoms with Gasteiger partial charge in [-0.2, -0.15) is 0 Å². The third-order valence-electron chi connectivity index (χ3n) is 5.46. The molecule has 4 rings (SSSR count). The summed E-state index contributed by atoms with van der Waals surface area (Å²) in [7, 11) is 1.67. The van der Waals surface area contributed by atoms with Gasteiger partial charge in [0.2, 0.25) is 5.91 Å². The second-order valence-corrected chi connectivity index (χ2v) is 8.28. The van der Waals surface area contributed by atoms with E-state index in [0.717, 1.165) is 81.0 Å². The predicted octanol–water partition coefficient (Wildman–Crippen LogP) is 1.80. The molecule has 0 aliphatic carbocycles. The van der Waals surface area contributed by atoms with Crippen LogP contribution in [-0.4, -0.2) is 91.7 Å². The minimum atomic E-state index is 0.238. The van der Waals surface area contributed by atoms with E-state index in [0.29, 0.717) is 6.54 Å². The molecule has 29 heavy (non-hydrogen) atoms. The van der Waals surface area contributed by atoms with Crippen molar-refractivity contribution in [2.45, 2.75) is 6.54 Å². The molecule has 0 N–H and O–H groups in total. The van der Waals surface area contributed by atoms with Gasteiger partial charge in [-0.25, -0.2) is 4.98 Å². The molecule has 8 heteroatoms. The molecule has 0 spiro atoms. The maximum Gasteiger partial charge on any atom is 0.236 e. The van der Waals surface area contributed by atoms with E-state index in [4.69, 9.17) is 14.5 Å². The number of hydrogen-bond donors (Lipinski definition) is 0. The van der Waals surface area contributed by atoms with Gasteiger partial charge in [0.1, 0.15) is 10.8 Å². The van der Waals surface area contributed by atoms with Crippen LogP contribution < -0.4 is 4.74 Å². The van der Waals surface area contributed by atoms with Crippen molar-refractivity contribution in [2.24, 2.45) is 0 Å². The summed E-state index contributed by atoms with van der Waals surface area (Å²) < 4.78 is 10.6. The number of methoxy groups -OCH3 is 1. The lowest BCUT2D eigenvalue weighted by molar-refractivity contribution is -0.135. The maximum atomic E-state index is 12.5. The minimum absolute atomic E-state index is 0.238. The number of morpholine rings is 1. The molecule has 1 aromatic carbocycles. The van der Waals surface area contributed by atoms with E-state index in [9.17, 15) is 4.79 Å². The zero-order valence-corrected chi connectivity index (χ0v) is 17.7. The monoisotopic (exact) mass is 416 g/mol. The van der Waals surface area contributed by atoms with Crippen LogP contribution in [0.2, 0.25) is 0 Å². The summed E-state index contributed by atoms with van der Waals surface area (Å²) in [5.41, 5.74) is 2.20. The first-order valence-electron chi connectivity index (χ1n) is 10.1. The van der Waals surface area contributed by atoms with E-state index in [1.54, 1.807) is 18.4 Å². The second-order valence-electron chi connectivity index (χ2n) is 7.42. The highest BCUT2D eigenvalue weighted by Crippen LogP contribution is 2.26. The molecule has 0 saturated carbocycles. The van der Waals surface area contributed by atoms with Gasteiger partial charge >= 0.3 is 0 Å². The lowest BCUT2D eigenvalue weighted by atomic mass is 10.2. The Balaban J connectivity index is 1.25. The van der Waals surface area contributed by atoms with Gasteiger partial charge in [-0.15, -0.1) is 11.3 Å². The van der Waals surface area contributed by atoms with E-state index in [1.165, 1.54) is 0 Å². The molecule has 2 aliphatic rings. The summed E-state index contributed by atoms with van der Waals surface area (Å²) >= 11 is 1.67. The molecule has 0 radical (unpaired) electrons. The van der Waals surface area contributed by atoms with Crippen molar-refractivity contribution in [2.75, 3.05) is 66.1 Å². The lowest BCUT2D eigenvalue weighted by Crippen LogP contribution is -2.52. The number of amides is 1. The summed E-state index contributed by atoms with van der Waals surface area (Å²) in [5.74, 6) is 1.09. The summed E-state index contributed by atoms with van der Waals surface area (Å²) in [6.07, 6.45) is 0. The molecule has 3 heterocycles. The van der Waals surface area contributed by atoms with Crippen molar-refractivity contribution < 1.29 is 14.3 Å². The molecule has 7 nitrogen and oxygen atoms in total. The van der Waals surface area contributed by atoms with Crippen molar-refractivity contribution in [1.82, 2.24) is 19.7 Å². The molecule has 2 fully saturated rings. The Morgan fingerprint density at radius 3 is 2.48 bits per heavy atom. The number of thiazole rings is 1. The number of ether oxygens (including phenoxy) is 2. The van der Waals surface area contributed by atoms with Crippen molar-refractivity contribution in [3.63, 3.8) is 0 Å². The van der Waals surface area contributed by atoms with E-state index in [-0.39, 0.29) is 5.91 Å². The Morgan fingerprint density at radius 1 is 1.07 bits per heavy atom. The molecule has 0 atom stereocenters. The van der Waals surface area contributed by atoms with Gasteiger partial charge in [-0.1, -0.05) is 0 Å². The van der Waals surface area contributed by atoms with E-state index < -0.39 is 0 Å². The van der Waals surface area contributed by atoms with Crippen molar-refractivity contribution in [3.05, 3.63) is 35.3 Å². The molecule has 156 valence electrons. The fourth-order valence-corrected chi connectivity index (χ4v) is 4.50. The third kappa shape index (κ3) is 5.33. The van der Waals surface area contributed by atoms with Gasteiger partial charge in [-0.3, -0.25) is 14.6 Å². The fraction of sp³-hybridized carbons (Fsp3) is 0.524. The van der Waals surface area contributed by atoms with E-state index in [1.807, 2.05) is 29.2 Å². The van der Waals surface area contributed by atoms with E-state index in [2.05, 4.69) is 15.2 Å². The molecule has 2 aromatic rings. The van der Waals surface area contributed by atoms with Crippen molar-refractivity contribution in [1.29, 1.82) is 0 Å². The highest BCUT2D eigenvalue weighted by molar-refractivity contribution is 7.13. The van der Waals surface area contributed by atoms with Crippen molar-refractivity contribution in [3.8, 4) is 16.3 Å². The van der Waals surface area contributed by atoms with Crippen LogP contribution in [0.4, 0.5) is 0 Å². The number of rotatable bonds is 6. The Kier molecular flexibility index (Phi) is 6.76. The molecule has 0 bridgehead atoms. The Bertz CT molecular complexity index is 797. The number of nitrogens with zero attached hydrogens (tertiary/aromatic N) is 4.